The van der Waals surface area contributed by atoms with E-state index >= 15 is 0 Å². The molecule has 0 aliphatic heterocycles. The summed E-state index contributed by atoms with van der Waals surface area (Å²) in [5, 5.41) is 9.08. The van der Waals surface area contributed by atoms with Gasteiger partial charge in [0.25, 0.3) is 0 Å². The van der Waals surface area contributed by atoms with Crippen LogP contribution in [0.4, 0.5) is 0 Å². The lowest BCUT2D eigenvalue weighted by molar-refractivity contribution is -0.150. The van der Waals surface area contributed by atoms with Gasteiger partial charge in [0.2, 0.25) is 0 Å². The first-order valence-electron chi connectivity index (χ1n) is 6.14. The van der Waals surface area contributed by atoms with Crippen LogP contribution in [0.15, 0.2) is 24.3 Å². The fourth-order valence-electron chi connectivity index (χ4n) is 1.56. The van der Waals surface area contributed by atoms with E-state index in [1.807, 2.05) is 31.2 Å². The second-order valence-electron chi connectivity index (χ2n) is 4.10. The average Bonchev–Trinajstić information content (AvgIpc) is 2.38. The van der Waals surface area contributed by atoms with E-state index in [0.717, 1.165) is 24.2 Å². The highest BCUT2D eigenvalue weighted by atomic mass is 16.5. The van der Waals surface area contributed by atoms with Crippen molar-refractivity contribution in [2.75, 3.05) is 13.7 Å². The molecule has 1 atom stereocenters. The third-order valence-corrected chi connectivity index (χ3v) is 2.67. The van der Waals surface area contributed by atoms with Crippen molar-refractivity contribution in [3.8, 4) is 5.75 Å². The molecule has 0 amide bonds. The van der Waals surface area contributed by atoms with Gasteiger partial charge < -0.3 is 14.6 Å². The maximum atomic E-state index is 11.1. The molecule has 100 valence electrons. The largest absolute Gasteiger partial charge is 0.497 e. The van der Waals surface area contributed by atoms with Crippen LogP contribution in [-0.2, 0) is 16.0 Å². The maximum Gasteiger partial charge on any atom is 0.333 e. The Bertz CT molecular complexity index is 359. The SMILES string of the molecule is CCCCO[C@H](Cc1ccc(OC)cc1)C(=O)O. The number of aliphatic carboxylic acids is 1. The third kappa shape index (κ3) is 4.75. The number of hydrogen-bond donors (Lipinski definition) is 1. The van der Waals surface area contributed by atoms with Crippen LogP contribution in [0.3, 0.4) is 0 Å². The second kappa shape index (κ2) is 7.71. The molecule has 0 heterocycles. The molecule has 4 nitrogen and oxygen atoms in total. The summed E-state index contributed by atoms with van der Waals surface area (Å²) >= 11 is 0. The summed E-state index contributed by atoms with van der Waals surface area (Å²) in [6, 6.07) is 7.36. The molecule has 0 bridgehead atoms. The Morgan fingerprint density at radius 1 is 1.33 bits per heavy atom. The monoisotopic (exact) mass is 252 g/mol. The van der Waals surface area contributed by atoms with E-state index in [-0.39, 0.29) is 0 Å². The van der Waals surface area contributed by atoms with Crippen LogP contribution in [0.1, 0.15) is 25.3 Å². The second-order valence-corrected chi connectivity index (χ2v) is 4.10. The molecule has 0 aromatic heterocycles. The van der Waals surface area contributed by atoms with Crippen molar-refractivity contribution in [1.29, 1.82) is 0 Å². The maximum absolute atomic E-state index is 11.1. The highest BCUT2D eigenvalue weighted by Crippen LogP contribution is 2.14. The van der Waals surface area contributed by atoms with Crippen LogP contribution in [0, 0.1) is 0 Å². The van der Waals surface area contributed by atoms with Gasteiger partial charge in [0, 0.05) is 13.0 Å². The molecule has 1 aromatic carbocycles. The number of carbonyl (C=O) groups is 1. The van der Waals surface area contributed by atoms with Crippen molar-refractivity contribution in [2.45, 2.75) is 32.3 Å². The lowest BCUT2D eigenvalue weighted by atomic mass is 10.1. The summed E-state index contributed by atoms with van der Waals surface area (Å²) in [6.45, 7) is 2.53. The van der Waals surface area contributed by atoms with Crippen LogP contribution in [0.5, 0.6) is 5.75 Å². The van der Waals surface area contributed by atoms with Gasteiger partial charge in [0.15, 0.2) is 6.10 Å². The highest BCUT2D eigenvalue weighted by molar-refractivity contribution is 5.72. The van der Waals surface area contributed by atoms with Crippen molar-refractivity contribution < 1.29 is 19.4 Å². The molecule has 18 heavy (non-hydrogen) atoms. The molecule has 0 saturated carbocycles. The zero-order chi connectivity index (χ0) is 13.4. The molecular formula is C14H20O4. The molecule has 4 heteroatoms. The van der Waals surface area contributed by atoms with E-state index in [1.165, 1.54) is 0 Å². The summed E-state index contributed by atoms with van der Waals surface area (Å²) in [6.07, 6.45) is 1.48. The minimum Gasteiger partial charge on any atom is -0.497 e. The van der Waals surface area contributed by atoms with Gasteiger partial charge in [0.1, 0.15) is 5.75 Å². The minimum absolute atomic E-state index is 0.378. The van der Waals surface area contributed by atoms with Gasteiger partial charge in [-0.2, -0.15) is 0 Å². The van der Waals surface area contributed by atoms with Crippen molar-refractivity contribution in [3.63, 3.8) is 0 Å². The van der Waals surface area contributed by atoms with E-state index in [9.17, 15) is 4.79 Å². The van der Waals surface area contributed by atoms with Crippen LogP contribution in [0.2, 0.25) is 0 Å². The number of ether oxygens (including phenoxy) is 2. The molecule has 1 N–H and O–H groups in total. The predicted octanol–water partition coefficient (Wildman–Crippen LogP) is 2.51. The number of unbranched alkanes of at least 4 members (excludes halogenated alkanes) is 1. The number of rotatable bonds is 8. The molecule has 0 radical (unpaired) electrons. The normalized spacial score (nSPS) is 12.1. The van der Waals surface area contributed by atoms with E-state index < -0.39 is 12.1 Å². The van der Waals surface area contributed by atoms with Crippen LogP contribution in [-0.4, -0.2) is 30.9 Å². The van der Waals surface area contributed by atoms with Gasteiger partial charge in [-0.1, -0.05) is 25.5 Å². The standard InChI is InChI=1S/C14H20O4/c1-3-4-9-18-13(14(15)16)10-11-5-7-12(17-2)8-6-11/h5-8,13H,3-4,9-10H2,1-2H3,(H,15,16)/t13-/m1/s1. The topological polar surface area (TPSA) is 55.8 Å². The van der Waals surface area contributed by atoms with E-state index in [1.54, 1.807) is 7.11 Å². The third-order valence-electron chi connectivity index (χ3n) is 2.67. The Balaban J connectivity index is 2.56. The van der Waals surface area contributed by atoms with Gasteiger partial charge in [-0.15, -0.1) is 0 Å². The Morgan fingerprint density at radius 2 is 2.00 bits per heavy atom. The molecule has 0 fully saturated rings. The zero-order valence-corrected chi connectivity index (χ0v) is 10.9. The van der Waals surface area contributed by atoms with E-state index in [2.05, 4.69) is 0 Å². The van der Waals surface area contributed by atoms with Gasteiger partial charge in [-0.05, 0) is 24.1 Å². The summed E-state index contributed by atoms with van der Waals surface area (Å²) in [5.74, 6) is -0.153. The lowest BCUT2D eigenvalue weighted by Gasteiger charge is -2.13. The molecule has 0 aliphatic carbocycles. The smallest absolute Gasteiger partial charge is 0.333 e. The first kappa shape index (κ1) is 14.5. The molecule has 0 saturated heterocycles. The summed E-state index contributed by atoms with van der Waals surface area (Å²) < 4.78 is 10.4. The fourth-order valence-corrected chi connectivity index (χ4v) is 1.56. The molecule has 1 aromatic rings. The minimum atomic E-state index is -0.915. The van der Waals surface area contributed by atoms with Crippen LogP contribution < -0.4 is 4.74 Å². The number of hydrogen-bond acceptors (Lipinski definition) is 3. The number of methoxy groups -OCH3 is 1. The first-order chi connectivity index (χ1) is 8.67. The average molecular weight is 252 g/mol. The van der Waals surface area contributed by atoms with Gasteiger partial charge >= 0.3 is 5.97 Å². The predicted molar refractivity (Wildman–Crippen MR) is 69.0 cm³/mol. The summed E-state index contributed by atoms with van der Waals surface area (Å²) in [5.41, 5.74) is 0.930. The van der Waals surface area contributed by atoms with E-state index in [4.69, 9.17) is 14.6 Å². The highest BCUT2D eigenvalue weighted by Gasteiger charge is 2.18. The van der Waals surface area contributed by atoms with Crippen molar-refractivity contribution in [1.82, 2.24) is 0 Å². The van der Waals surface area contributed by atoms with Crippen molar-refractivity contribution in [3.05, 3.63) is 29.8 Å². The fraction of sp³-hybridized carbons (Fsp3) is 0.500. The first-order valence-corrected chi connectivity index (χ1v) is 6.14. The summed E-state index contributed by atoms with van der Waals surface area (Å²) in [4.78, 5) is 11.1. The number of carboxylic acids is 1. The summed E-state index contributed by atoms with van der Waals surface area (Å²) in [7, 11) is 1.60. The van der Waals surface area contributed by atoms with E-state index in [0.29, 0.717) is 13.0 Å². The number of carboxylic acid groups (broad SMARTS) is 1. The molecule has 1 rings (SSSR count). The molecule has 0 unspecified atom stereocenters. The number of benzene rings is 1. The van der Waals surface area contributed by atoms with Crippen LogP contribution >= 0.6 is 0 Å². The molecule has 0 spiro atoms. The Morgan fingerprint density at radius 3 is 2.50 bits per heavy atom. The lowest BCUT2D eigenvalue weighted by Crippen LogP contribution is -2.26. The quantitative estimate of drug-likeness (QED) is 0.722. The van der Waals surface area contributed by atoms with Crippen molar-refractivity contribution in [2.24, 2.45) is 0 Å². The van der Waals surface area contributed by atoms with Gasteiger partial charge in [0.05, 0.1) is 7.11 Å². The zero-order valence-electron chi connectivity index (χ0n) is 10.9. The van der Waals surface area contributed by atoms with Gasteiger partial charge in [-0.3, -0.25) is 0 Å². The Hall–Kier alpha value is -1.55. The van der Waals surface area contributed by atoms with Crippen LogP contribution in [0.25, 0.3) is 0 Å². The molecule has 0 aliphatic rings. The molecular weight excluding hydrogens is 232 g/mol. The Kier molecular flexibility index (Phi) is 6.22. The van der Waals surface area contributed by atoms with Gasteiger partial charge in [-0.25, -0.2) is 4.79 Å². The Labute approximate surface area is 108 Å². The van der Waals surface area contributed by atoms with Crippen molar-refractivity contribution >= 4 is 5.97 Å².